The number of alkyl halides is 5. The molecule has 1 heterocycles. The molecule has 0 spiro atoms. The van der Waals surface area contributed by atoms with Crippen molar-refractivity contribution in [3.8, 4) is 11.5 Å². The SMILES string of the molecule is COC(=O)Cc1ncc(OC)c(OC(F)(F)F)c1C(F)F. The van der Waals surface area contributed by atoms with E-state index >= 15 is 0 Å². The summed E-state index contributed by atoms with van der Waals surface area (Å²) in [6.07, 6.45) is -8.54. The molecule has 0 amide bonds. The van der Waals surface area contributed by atoms with Crippen LogP contribution in [0.5, 0.6) is 11.5 Å². The lowest BCUT2D eigenvalue weighted by Gasteiger charge is -2.17. The molecule has 118 valence electrons. The van der Waals surface area contributed by atoms with Crippen LogP contribution in [0.4, 0.5) is 22.0 Å². The van der Waals surface area contributed by atoms with Gasteiger partial charge in [0, 0.05) is 0 Å². The van der Waals surface area contributed by atoms with Crippen molar-refractivity contribution in [1.29, 1.82) is 0 Å². The number of ether oxygens (including phenoxy) is 3. The van der Waals surface area contributed by atoms with Gasteiger partial charge in [-0.05, 0) is 0 Å². The van der Waals surface area contributed by atoms with Gasteiger partial charge in [0.05, 0.1) is 38.1 Å². The Balaban J connectivity index is 3.41. The van der Waals surface area contributed by atoms with E-state index in [1.807, 2.05) is 0 Å². The highest BCUT2D eigenvalue weighted by Gasteiger charge is 2.36. The highest BCUT2D eigenvalue weighted by Crippen LogP contribution is 2.41. The van der Waals surface area contributed by atoms with Gasteiger partial charge in [0.25, 0.3) is 6.43 Å². The maximum atomic E-state index is 13.0. The van der Waals surface area contributed by atoms with Gasteiger partial charge in [0.1, 0.15) is 0 Å². The van der Waals surface area contributed by atoms with Gasteiger partial charge in [0.2, 0.25) is 0 Å². The van der Waals surface area contributed by atoms with Crippen LogP contribution in [0.3, 0.4) is 0 Å². The quantitative estimate of drug-likeness (QED) is 0.617. The highest BCUT2D eigenvalue weighted by molar-refractivity contribution is 5.73. The summed E-state index contributed by atoms with van der Waals surface area (Å²) in [6, 6.07) is 0. The fourth-order valence-corrected chi connectivity index (χ4v) is 1.47. The lowest BCUT2D eigenvalue weighted by atomic mass is 10.1. The summed E-state index contributed by atoms with van der Waals surface area (Å²) in [7, 11) is 1.97. The van der Waals surface area contributed by atoms with Crippen molar-refractivity contribution in [2.45, 2.75) is 19.2 Å². The molecule has 10 heteroatoms. The molecular formula is C11H10F5NO4. The molecule has 1 rings (SSSR count). The van der Waals surface area contributed by atoms with E-state index in [-0.39, 0.29) is 0 Å². The maximum Gasteiger partial charge on any atom is 0.573 e. The zero-order valence-electron chi connectivity index (χ0n) is 10.8. The average Bonchev–Trinajstić information content (AvgIpc) is 2.36. The molecule has 0 saturated carbocycles. The van der Waals surface area contributed by atoms with Gasteiger partial charge in [-0.15, -0.1) is 13.2 Å². The second-order valence-corrected chi connectivity index (χ2v) is 3.62. The number of hydrogen-bond donors (Lipinski definition) is 0. The van der Waals surface area contributed by atoms with E-state index < -0.39 is 47.9 Å². The minimum Gasteiger partial charge on any atom is -0.491 e. The summed E-state index contributed by atoms with van der Waals surface area (Å²) in [5, 5.41) is 0. The number of halogens is 5. The van der Waals surface area contributed by atoms with Crippen LogP contribution in [0.2, 0.25) is 0 Å². The fourth-order valence-electron chi connectivity index (χ4n) is 1.47. The topological polar surface area (TPSA) is 57.7 Å². The standard InChI is InChI=1S/C11H10F5NO4/c1-19-6-4-17-5(3-7(18)20-2)8(10(12)13)9(6)21-11(14,15)16/h4,10H,3H2,1-2H3. The zero-order chi connectivity index (χ0) is 16.2. The third kappa shape index (κ3) is 4.43. The molecule has 5 nitrogen and oxygen atoms in total. The summed E-state index contributed by atoms with van der Waals surface area (Å²) < 4.78 is 75.4. The van der Waals surface area contributed by atoms with Crippen molar-refractivity contribution in [2.24, 2.45) is 0 Å². The van der Waals surface area contributed by atoms with E-state index in [4.69, 9.17) is 0 Å². The van der Waals surface area contributed by atoms with E-state index in [1.54, 1.807) is 0 Å². The second-order valence-electron chi connectivity index (χ2n) is 3.62. The molecule has 0 aliphatic rings. The van der Waals surface area contributed by atoms with Crippen LogP contribution in [-0.4, -0.2) is 31.5 Å². The minimum absolute atomic E-state index is 0.586. The Morgan fingerprint density at radius 2 is 1.95 bits per heavy atom. The molecule has 0 N–H and O–H groups in total. The molecular weight excluding hydrogens is 305 g/mol. The second kappa shape index (κ2) is 6.55. The molecule has 0 fully saturated rings. The Kier molecular flexibility index (Phi) is 5.28. The molecule has 0 unspecified atom stereocenters. The molecule has 0 bridgehead atoms. The van der Waals surface area contributed by atoms with Crippen LogP contribution >= 0.6 is 0 Å². The summed E-state index contributed by atoms with van der Waals surface area (Å²) in [6.45, 7) is 0. The third-order valence-electron chi connectivity index (χ3n) is 2.31. The summed E-state index contributed by atoms with van der Waals surface area (Å²) in [4.78, 5) is 14.6. The van der Waals surface area contributed by atoms with Crippen molar-refractivity contribution in [1.82, 2.24) is 4.98 Å². The molecule has 0 aliphatic carbocycles. The van der Waals surface area contributed by atoms with Crippen molar-refractivity contribution >= 4 is 5.97 Å². The van der Waals surface area contributed by atoms with Gasteiger partial charge in [-0.3, -0.25) is 9.78 Å². The summed E-state index contributed by atoms with van der Waals surface area (Å²) >= 11 is 0. The van der Waals surface area contributed by atoms with Gasteiger partial charge in [0.15, 0.2) is 11.5 Å². The number of carbonyl (C=O) groups excluding carboxylic acids is 1. The maximum absolute atomic E-state index is 13.0. The van der Waals surface area contributed by atoms with Crippen LogP contribution in [0, 0.1) is 0 Å². The van der Waals surface area contributed by atoms with Gasteiger partial charge >= 0.3 is 12.3 Å². The van der Waals surface area contributed by atoms with Crippen LogP contribution < -0.4 is 9.47 Å². The van der Waals surface area contributed by atoms with E-state index in [0.29, 0.717) is 0 Å². The number of hydrogen-bond acceptors (Lipinski definition) is 5. The first-order chi connectivity index (χ1) is 9.69. The van der Waals surface area contributed by atoms with Gasteiger partial charge < -0.3 is 14.2 Å². The molecule has 0 aromatic carbocycles. The third-order valence-corrected chi connectivity index (χ3v) is 2.31. The Labute approximate surface area is 115 Å². The smallest absolute Gasteiger partial charge is 0.491 e. The lowest BCUT2D eigenvalue weighted by Crippen LogP contribution is -2.20. The molecule has 21 heavy (non-hydrogen) atoms. The monoisotopic (exact) mass is 315 g/mol. The van der Waals surface area contributed by atoms with Crippen molar-refractivity contribution in [3.05, 3.63) is 17.5 Å². The average molecular weight is 315 g/mol. The van der Waals surface area contributed by atoms with Gasteiger partial charge in [-0.2, -0.15) is 0 Å². The van der Waals surface area contributed by atoms with Crippen molar-refractivity contribution < 1.29 is 41.0 Å². The molecule has 1 aromatic heterocycles. The molecule has 0 radical (unpaired) electrons. The fraction of sp³-hybridized carbons (Fsp3) is 0.455. The van der Waals surface area contributed by atoms with E-state index in [0.717, 1.165) is 20.4 Å². The van der Waals surface area contributed by atoms with E-state index in [2.05, 4.69) is 19.2 Å². The number of pyridine rings is 1. The predicted octanol–water partition coefficient (Wildman–Crippen LogP) is 2.64. The largest absolute Gasteiger partial charge is 0.573 e. The summed E-state index contributed by atoms with van der Waals surface area (Å²) in [5.74, 6) is -2.79. The Bertz CT molecular complexity index is 518. The number of methoxy groups -OCH3 is 2. The highest BCUT2D eigenvalue weighted by atomic mass is 19.4. The zero-order valence-corrected chi connectivity index (χ0v) is 10.8. The summed E-state index contributed by atoms with van der Waals surface area (Å²) in [5.41, 5.74) is -1.76. The Hall–Kier alpha value is -2.13. The van der Waals surface area contributed by atoms with Gasteiger partial charge in [-0.1, -0.05) is 0 Å². The van der Waals surface area contributed by atoms with Crippen molar-refractivity contribution in [2.75, 3.05) is 14.2 Å². The van der Waals surface area contributed by atoms with Crippen molar-refractivity contribution in [3.63, 3.8) is 0 Å². The Morgan fingerprint density at radius 1 is 1.33 bits per heavy atom. The first kappa shape index (κ1) is 16.9. The first-order valence-corrected chi connectivity index (χ1v) is 5.36. The lowest BCUT2D eigenvalue weighted by molar-refractivity contribution is -0.275. The predicted molar refractivity (Wildman–Crippen MR) is 58.1 cm³/mol. The molecule has 0 atom stereocenters. The van der Waals surface area contributed by atoms with Gasteiger partial charge in [-0.25, -0.2) is 8.78 Å². The number of rotatable bonds is 5. The van der Waals surface area contributed by atoms with E-state index in [9.17, 15) is 26.7 Å². The molecule has 1 aromatic rings. The number of carbonyl (C=O) groups is 1. The van der Waals surface area contributed by atoms with E-state index in [1.165, 1.54) is 0 Å². The molecule has 0 saturated heterocycles. The van der Waals surface area contributed by atoms with Crippen LogP contribution in [-0.2, 0) is 16.0 Å². The Morgan fingerprint density at radius 3 is 2.38 bits per heavy atom. The number of aromatic nitrogens is 1. The first-order valence-electron chi connectivity index (χ1n) is 5.36. The molecule has 0 aliphatic heterocycles. The number of nitrogens with zero attached hydrogens (tertiary/aromatic N) is 1. The van der Waals surface area contributed by atoms with Crippen LogP contribution in [0.1, 0.15) is 17.7 Å². The normalized spacial score (nSPS) is 11.4. The minimum atomic E-state index is -5.21. The number of esters is 1. The van der Waals surface area contributed by atoms with Crippen LogP contribution in [0.15, 0.2) is 6.20 Å². The van der Waals surface area contributed by atoms with Crippen LogP contribution in [0.25, 0.3) is 0 Å².